The molecule has 0 spiro atoms. The first-order chi connectivity index (χ1) is 6.79. The molecule has 0 heterocycles. The van der Waals surface area contributed by atoms with Crippen LogP contribution in [0.4, 0.5) is 0 Å². The van der Waals surface area contributed by atoms with Gasteiger partial charge in [-0.1, -0.05) is 36.2 Å². The van der Waals surface area contributed by atoms with E-state index >= 15 is 0 Å². The number of benzene rings is 1. The van der Waals surface area contributed by atoms with Gasteiger partial charge in [0.15, 0.2) is 0 Å². The van der Waals surface area contributed by atoms with Gasteiger partial charge < -0.3 is 0 Å². The molecule has 2 heteroatoms. The largest absolute Gasteiger partial charge is 0.299 e. The molecule has 0 aromatic heterocycles. The Hall–Kier alpha value is -0.820. The van der Waals surface area contributed by atoms with Gasteiger partial charge in [-0.05, 0) is 24.5 Å². The number of halogens is 1. The lowest BCUT2D eigenvalue weighted by atomic mass is 9.83. The molecule has 1 aromatic carbocycles. The summed E-state index contributed by atoms with van der Waals surface area (Å²) in [6, 6.07) is 7.68. The molecule has 1 aromatic rings. The van der Waals surface area contributed by atoms with Crippen molar-refractivity contribution < 1.29 is 4.79 Å². The van der Waals surface area contributed by atoms with E-state index in [9.17, 15) is 4.79 Å². The van der Waals surface area contributed by atoms with Crippen molar-refractivity contribution in [3.8, 4) is 0 Å². The fourth-order valence-electron chi connectivity index (χ4n) is 2.07. The fraction of sp³-hybridized carbons (Fsp3) is 0.417. The van der Waals surface area contributed by atoms with Gasteiger partial charge in [0.25, 0.3) is 0 Å². The maximum absolute atomic E-state index is 11.7. The molecule has 0 amide bonds. The molecule has 2 rings (SSSR count). The van der Waals surface area contributed by atoms with Gasteiger partial charge in [-0.25, -0.2) is 0 Å². The lowest BCUT2D eigenvalue weighted by Gasteiger charge is -2.21. The summed E-state index contributed by atoms with van der Waals surface area (Å²) in [7, 11) is 0. The van der Waals surface area contributed by atoms with Crippen molar-refractivity contribution >= 4 is 17.4 Å². The average molecular weight is 209 g/mol. The predicted molar refractivity (Wildman–Crippen MR) is 57.7 cm³/mol. The smallest absolute Gasteiger partial charge is 0.140 e. The van der Waals surface area contributed by atoms with Crippen LogP contribution in [0.25, 0.3) is 0 Å². The van der Waals surface area contributed by atoms with E-state index in [-0.39, 0.29) is 5.92 Å². The highest BCUT2D eigenvalue weighted by Crippen LogP contribution is 2.33. The quantitative estimate of drug-likeness (QED) is 0.690. The Kier molecular flexibility index (Phi) is 2.87. The Morgan fingerprint density at radius 1 is 1.21 bits per heavy atom. The molecule has 0 saturated heterocycles. The number of ketones is 1. The van der Waals surface area contributed by atoms with Gasteiger partial charge in [-0.2, -0.15) is 0 Å². The molecule has 1 fully saturated rings. The number of rotatable bonds is 1. The van der Waals surface area contributed by atoms with Crippen molar-refractivity contribution in [2.75, 3.05) is 0 Å². The molecule has 14 heavy (non-hydrogen) atoms. The fourth-order valence-corrected chi connectivity index (χ4v) is 2.34. The third-order valence-corrected chi connectivity index (χ3v) is 3.18. The lowest BCUT2D eigenvalue weighted by molar-refractivity contribution is -0.121. The zero-order valence-corrected chi connectivity index (χ0v) is 8.76. The van der Waals surface area contributed by atoms with Gasteiger partial charge in [0.05, 0.1) is 0 Å². The molecule has 0 N–H and O–H groups in total. The Balaban J connectivity index is 2.29. The minimum absolute atomic E-state index is 0.0532. The summed E-state index contributed by atoms with van der Waals surface area (Å²) >= 11 is 6.07. The van der Waals surface area contributed by atoms with E-state index in [1.54, 1.807) is 0 Å². The molecule has 0 radical (unpaired) electrons. The molecule has 1 saturated carbocycles. The van der Waals surface area contributed by atoms with Crippen molar-refractivity contribution in [1.82, 2.24) is 0 Å². The van der Waals surface area contributed by atoms with Crippen LogP contribution in [-0.2, 0) is 4.79 Å². The SMILES string of the molecule is O=C1CCCC[C@H]1c1ccccc1Cl. The van der Waals surface area contributed by atoms with Crippen LogP contribution in [-0.4, -0.2) is 5.78 Å². The molecule has 1 atom stereocenters. The van der Waals surface area contributed by atoms with Crippen molar-refractivity contribution in [3.63, 3.8) is 0 Å². The van der Waals surface area contributed by atoms with Gasteiger partial charge in [0.1, 0.15) is 5.78 Å². The monoisotopic (exact) mass is 208 g/mol. The molecule has 74 valence electrons. The first kappa shape index (κ1) is 9.72. The third-order valence-electron chi connectivity index (χ3n) is 2.84. The van der Waals surface area contributed by atoms with Crippen LogP contribution < -0.4 is 0 Å². The van der Waals surface area contributed by atoms with Gasteiger partial charge in [-0.15, -0.1) is 0 Å². The zero-order chi connectivity index (χ0) is 9.97. The maximum Gasteiger partial charge on any atom is 0.140 e. The summed E-state index contributed by atoms with van der Waals surface area (Å²) in [6.07, 6.45) is 3.86. The Morgan fingerprint density at radius 2 is 2.00 bits per heavy atom. The van der Waals surface area contributed by atoms with E-state index in [2.05, 4.69) is 0 Å². The van der Waals surface area contributed by atoms with Crippen molar-refractivity contribution in [1.29, 1.82) is 0 Å². The van der Waals surface area contributed by atoms with Crippen molar-refractivity contribution in [2.45, 2.75) is 31.6 Å². The molecule has 0 aliphatic heterocycles. The molecular weight excluding hydrogens is 196 g/mol. The second-order valence-corrected chi connectivity index (χ2v) is 4.19. The topological polar surface area (TPSA) is 17.1 Å². The summed E-state index contributed by atoms with van der Waals surface area (Å²) in [5, 5.41) is 0.729. The highest BCUT2D eigenvalue weighted by Gasteiger charge is 2.24. The predicted octanol–water partition coefficient (Wildman–Crippen LogP) is 3.57. The summed E-state index contributed by atoms with van der Waals surface area (Å²) in [4.78, 5) is 11.7. The van der Waals surface area contributed by atoms with Gasteiger partial charge in [0, 0.05) is 17.4 Å². The highest BCUT2D eigenvalue weighted by atomic mass is 35.5. The van der Waals surface area contributed by atoms with Gasteiger partial charge in [0.2, 0.25) is 0 Å². The van der Waals surface area contributed by atoms with Gasteiger partial charge in [-0.3, -0.25) is 4.79 Å². The first-order valence-electron chi connectivity index (χ1n) is 5.06. The molecular formula is C12H13ClO. The van der Waals surface area contributed by atoms with E-state index in [1.807, 2.05) is 24.3 Å². The average Bonchev–Trinajstić information content (AvgIpc) is 2.20. The van der Waals surface area contributed by atoms with Crippen molar-refractivity contribution in [2.24, 2.45) is 0 Å². The molecule has 1 aliphatic rings. The summed E-state index contributed by atoms with van der Waals surface area (Å²) in [5.41, 5.74) is 1.01. The van der Waals surface area contributed by atoms with E-state index in [0.29, 0.717) is 5.78 Å². The Morgan fingerprint density at radius 3 is 2.71 bits per heavy atom. The minimum Gasteiger partial charge on any atom is -0.299 e. The maximum atomic E-state index is 11.7. The van der Waals surface area contributed by atoms with Crippen LogP contribution in [0.5, 0.6) is 0 Å². The minimum atomic E-state index is 0.0532. The van der Waals surface area contributed by atoms with E-state index in [1.165, 1.54) is 0 Å². The highest BCUT2D eigenvalue weighted by molar-refractivity contribution is 6.31. The first-order valence-corrected chi connectivity index (χ1v) is 5.44. The number of hydrogen-bond donors (Lipinski definition) is 0. The summed E-state index contributed by atoms with van der Waals surface area (Å²) < 4.78 is 0. The van der Waals surface area contributed by atoms with Crippen molar-refractivity contribution in [3.05, 3.63) is 34.9 Å². The number of Topliss-reactive ketones (excluding diaryl/α,β-unsaturated/α-hetero) is 1. The Labute approximate surface area is 89.1 Å². The number of carbonyl (C=O) groups is 1. The Bertz CT molecular complexity index is 346. The molecule has 1 nitrogen and oxygen atoms in total. The summed E-state index contributed by atoms with van der Waals surface area (Å²) in [5.74, 6) is 0.404. The third kappa shape index (κ3) is 1.83. The van der Waals surface area contributed by atoms with Crippen LogP contribution in [0, 0.1) is 0 Å². The van der Waals surface area contributed by atoms with E-state index in [4.69, 9.17) is 11.6 Å². The van der Waals surface area contributed by atoms with Crippen LogP contribution in [0.3, 0.4) is 0 Å². The zero-order valence-electron chi connectivity index (χ0n) is 8.00. The van der Waals surface area contributed by atoms with Crippen LogP contribution >= 0.6 is 11.6 Å². The lowest BCUT2D eigenvalue weighted by Crippen LogP contribution is -2.17. The van der Waals surface area contributed by atoms with Gasteiger partial charge >= 0.3 is 0 Å². The second-order valence-electron chi connectivity index (χ2n) is 3.79. The molecule has 0 unspecified atom stereocenters. The summed E-state index contributed by atoms with van der Waals surface area (Å²) in [6.45, 7) is 0. The van der Waals surface area contributed by atoms with Crippen LogP contribution in [0.2, 0.25) is 5.02 Å². The molecule has 1 aliphatic carbocycles. The molecule has 0 bridgehead atoms. The van der Waals surface area contributed by atoms with E-state index in [0.717, 1.165) is 36.3 Å². The van der Waals surface area contributed by atoms with E-state index < -0.39 is 0 Å². The second kappa shape index (κ2) is 4.14. The standard InChI is InChI=1S/C12H13ClO/c13-11-7-3-1-5-9(11)10-6-2-4-8-12(10)14/h1,3,5,7,10H,2,4,6,8H2/t10-/m0/s1. The number of carbonyl (C=O) groups excluding carboxylic acids is 1. The van der Waals surface area contributed by atoms with Crippen LogP contribution in [0.15, 0.2) is 24.3 Å². The normalized spacial score (nSPS) is 22.4. The van der Waals surface area contributed by atoms with Crippen LogP contribution in [0.1, 0.15) is 37.2 Å². The number of hydrogen-bond acceptors (Lipinski definition) is 1.